The van der Waals surface area contributed by atoms with Crippen molar-refractivity contribution in [3.63, 3.8) is 0 Å². The van der Waals surface area contributed by atoms with Crippen LogP contribution >= 0.6 is 27.7 Å². The fourth-order valence-corrected chi connectivity index (χ4v) is 2.88. The zero-order valence-corrected chi connectivity index (χ0v) is 15.7. The van der Waals surface area contributed by atoms with Crippen LogP contribution in [0, 0.1) is 6.92 Å². The van der Waals surface area contributed by atoms with Crippen LogP contribution in [0.25, 0.3) is 0 Å². The van der Waals surface area contributed by atoms with Gasteiger partial charge >= 0.3 is 5.97 Å². The standard InChI is InChI=1S/C18H18BrNO3S/c1-13-2-8-16(9-3-13)24-11-10-20-17(21)12-23-18(22)14-4-6-15(19)7-5-14/h2-9H,10-12H2,1H3,(H,20,21). The number of halogens is 1. The lowest BCUT2D eigenvalue weighted by Crippen LogP contribution is -2.30. The molecule has 1 N–H and O–H groups in total. The number of carbonyl (C=O) groups excluding carboxylic acids is 2. The Morgan fingerprint density at radius 2 is 1.75 bits per heavy atom. The number of nitrogens with one attached hydrogen (secondary N) is 1. The lowest BCUT2D eigenvalue weighted by atomic mass is 10.2. The first-order valence-electron chi connectivity index (χ1n) is 7.43. The van der Waals surface area contributed by atoms with E-state index in [-0.39, 0.29) is 12.5 Å². The summed E-state index contributed by atoms with van der Waals surface area (Å²) in [5, 5.41) is 2.74. The average Bonchev–Trinajstić information content (AvgIpc) is 2.59. The quantitative estimate of drug-likeness (QED) is 0.430. The molecule has 0 saturated heterocycles. The van der Waals surface area contributed by atoms with Crippen LogP contribution in [0.5, 0.6) is 0 Å². The molecule has 0 fully saturated rings. The number of thioether (sulfide) groups is 1. The second-order valence-corrected chi connectivity index (χ2v) is 7.18. The zero-order valence-electron chi connectivity index (χ0n) is 13.3. The summed E-state index contributed by atoms with van der Waals surface area (Å²) in [6.07, 6.45) is 0. The smallest absolute Gasteiger partial charge is 0.338 e. The molecule has 0 aliphatic carbocycles. The highest BCUT2D eigenvalue weighted by Crippen LogP contribution is 2.17. The van der Waals surface area contributed by atoms with Gasteiger partial charge in [-0.25, -0.2) is 4.79 Å². The van der Waals surface area contributed by atoms with E-state index in [4.69, 9.17) is 4.74 Å². The fourth-order valence-electron chi connectivity index (χ4n) is 1.85. The van der Waals surface area contributed by atoms with Crippen LogP contribution in [-0.2, 0) is 9.53 Å². The Kier molecular flexibility index (Phi) is 7.34. The fraction of sp³-hybridized carbons (Fsp3) is 0.222. The number of hydrogen-bond donors (Lipinski definition) is 1. The Morgan fingerprint density at radius 3 is 2.42 bits per heavy atom. The Balaban J connectivity index is 1.63. The molecule has 0 aliphatic rings. The van der Waals surface area contributed by atoms with Gasteiger partial charge in [0.25, 0.3) is 5.91 Å². The molecule has 0 spiro atoms. The van der Waals surface area contributed by atoms with E-state index in [2.05, 4.69) is 45.5 Å². The average molecular weight is 408 g/mol. The molecule has 2 aromatic rings. The minimum Gasteiger partial charge on any atom is -0.452 e. The Bertz CT molecular complexity index is 686. The maximum absolute atomic E-state index is 11.8. The number of ether oxygens (including phenoxy) is 1. The van der Waals surface area contributed by atoms with Crippen LogP contribution in [0.3, 0.4) is 0 Å². The molecule has 0 aromatic heterocycles. The molecule has 6 heteroatoms. The monoisotopic (exact) mass is 407 g/mol. The first kappa shape index (κ1) is 18.5. The number of aryl methyl sites for hydroxylation is 1. The van der Waals surface area contributed by atoms with E-state index in [1.165, 1.54) is 5.56 Å². The van der Waals surface area contributed by atoms with E-state index in [9.17, 15) is 9.59 Å². The number of amides is 1. The van der Waals surface area contributed by atoms with Crippen molar-refractivity contribution >= 4 is 39.6 Å². The van der Waals surface area contributed by atoms with E-state index in [1.54, 1.807) is 36.0 Å². The van der Waals surface area contributed by atoms with Crippen molar-refractivity contribution in [2.45, 2.75) is 11.8 Å². The normalized spacial score (nSPS) is 10.2. The van der Waals surface area contributed by atoms with Gasteiger partial charge in [0, 0.05) is 21.7 Å². The van der Waals surface area contributed by atoms with E-state index in [1.807, 2.05) is 6.92 Å². The summed E-state index contributed by atoms with van der Waals surface area (Å²) in [6, 6.07) is 15.0. The van der Waals surface area contributed by atoms with Crippen molar-refractivity contribution in [2.24, 2.45) is 0 Å². The second kappa shape index (κ2) is 9.49. The van der Waals surface area contributed by atoms with Gasteiger partial charge in [0.05, 0.1) is 5.56 Å². The summed E-state index contributed by atoms with van der Waals surface area (Å²) in [4.78, 5) is 24.6. The number of rotatable bonds is 7. The Labute approximate surface area is 154 Å². The highest BCUT2D eigenvalue weighted by atomic mass is 79.9. The summed E-state index contributed by atoms with van der Waals surface area (Å²) in [6.45, 7) is 2.29. The van der Waals surface area contributed by atoms with Crippen molar-refractivity contribution in [1.29, 1.82) is 0 Å². The van der Waals surface area contributed by atoms with Gasteiger partial charge in [-0.2, -0.15) is 0 Å². The molecular weight excluding hydrogens is 390 g/mol. The maximum Gasteiger partial charge on any atom is 0.338 e. The van der Waals surface area contributed by atoms with Gasteiger partial charge in [0.1, 0.15) is 0 Å². The van der Waals surface area contributed by atoms with Gasteiger partial charge in [-0.15, -0.1) is 11.8 Å². The van der Waals surface area contributed by atoms with Gasteiger partial charge in [-0.1, -0.05) is 33.6 Å². The first-order chi connectivity index (χ1) is 11.5. The van der Waals surface area contributed by atoms with Crippen molar-refractivity contribution in [3.8, 4) is 0 Å². The summed E-state index contributed by atoms with van der Waals surface area (Å²) in [5.74, 6) is -0.0493. The number of esters is 1. The van der Waals surface area contributed by atoms with E-state index in [0.29, 0.717) is 12.1 Å². The third kappa shape index (κ3) is 6.37. The zero-order chi connectivity index (χ0) is 17.4. The largest absolute Gasteiger partial charge is 0.452 e. The lowest BCUT2D eigenvalue weighted by molar-refractivity contribution is -0.124. The topological polar surface area (TPSA) is 55.4 Å². The Hall–Kier alpha value is -1.79. The predicted octanol–water partition coefficient (Wildman–Crippen LogP) is 3.82. The van der Waals surface area contributed by atoms with E-state index < -0.39 is 5.97 Å². The maximum atomic E-state index is 11.8. The van der Waals surface area contributed by atoms with Crippen molar-refractivity contribution in [1.82, 2.24) is 5.32 Å². The van der Waals surface area contributed by atoms with Crippen molar-refractivity contribution in [2.75, 3.05) is 18.9 Å². The summed E-state index contributed by atoms with van der Waals surface area (Å²) in [5.41, 5.74) is 1.64. The van der Waals surface area contributed by atoms with Crippen LogP contribution in [0.1, 0.15) is 15.9 Å². The molecule has 0 unspecified atom stereocenters. The summed E-state index contributed by atoms with van der Waals surface area (Å²) < 4.78 is 5.86. The van der Waals surface area contributed by atoms with Gasteiger partial charge in [-0.3, -0.25) is 4.79 Å². The molecule has 0 heterocycles. The van der Waals surface area contributed by atoms with Crippen LogP contribution in [0.2, 0.25) is 0 Å². The van der Waals surface area contributed by atoms with Gasteiger partial charge in [-0.05, 0) is 43.3 Å². The molecule has 0 atom stereocenters. The van der Waals surface area contributed by atoms with Crippen molar-refractivity contribution in [3.05, 3.63) is 64.1 Å². The molecule has 1 amide bonds. The molecule has 4 nitrogen and oxygen atoms in total. The first-order valence-corrected chi connectivity index (χ1v) is 9.21. The minimum absolute atomic E-state index is 0.274. The third-order valence-electron chi connectivity index (χ3n) is 3.13. The molecule has 2 rings (SSSR count). The summed E-state index contributed by atoms with van der Waals surface area (Å²) >= 11 is 4.96. The number of carbonyl (C=O) groups is 2. The molecule has 24 heavy (non-hydrogen) atoms. The van der Waals surface area contributed by atoms with E-state index in [0.717, 1.165) is 15.1 Å². The second-order valence-electron chi connectivity index (χ2n) is 5.09. The summed E-state index contributed by atoms with van der Waals surface area (Å²) in [7, 11) is 0. The molecule has 0 aliphatic heterocycles. The molecular formula is C18H18BrNO3S. The van der Waals surface area contributed by atoms with Gasteiger partial charge in [0.15, 0.2) is 6.61 Å². The predicted molar refractivity (Wildman–Crippen MR) is 99.3 cm³/mol. The van der Waals surface area contributed by atoms with Crippen LogP contribution in [0.4, 0.5) is 0 Å². The molecule has 0 bridgehead atoms. The number of hydrogen-bond acceptors (Lipinski definition) is 4. The lowest BCUT2D eigenvalue weighted by Gasteiger charge is -2.07. The van der Waals surface area contributed by atoms with Crippen LogP contribution < -0.4 is 5.32 Å². The molecule has 0 saturated carbocycles. The molecule has 0 radical (unpaired) electrons. The Morgan fingerprint density at radius 1 is 1.08 bits per heavy atom. The third-order valence-corrected chi connectivity index (χ3v) is 4.67. The number of benzene rings is 2. The minimum atomic E-state index is -0.508. The van der Waals surface area contributed by atoms with Gasteiger partial charge in [0.2, 0.25) is 0 Å². The molecule has 2 aromatic carbocycles. The van der Waals surface area contributed by atoms with Crippen LogP contribution in [0.15, 0.2) is 57.9 Å². The SMILES string of the molecule is Cc1ccc(SCCNC(=O)COC(=O)c2ccc(Br)cc2)cc1. The van der Waals surface area contributed by atoms with Gasteiger partial charge < -0.3 is 10.1 Å². The van der Waals surface area contributed by atoms with Crippen molar-refractivity contribution < 1.29 is 14.3 Å². The highest BCUT2D eigenvalue weighted by molar-refractivity contribution is 9.10. The highest BCUT2D eigenvalue weighted by Gasteiger charge is 2.09. The van der Waals surface area contributed by atoms with E-state index >= 15 is 0 Å². The van der Waals surface area contributed by atoms with Crippen LogP contribution in [-0.4, -0.2) is 30.8 Å². The molecule has 126 valence electrons.